The van der Waals surface area contributed by atoms with E-state index in [9.17, 15) is 9.18 Å². The fourth-order valence-electron chi connectivity index (χ4n) is 3.00. The maximum Gasteiger partial charge on any atom is 0.222 e. The minimum absolute atomic E-state index is 0.200. The number of fused-ring (bicyclic) bond motifs is 1. The highest BCUT2D eigenvalue weighted by atomic mass is 19.1. The minimum Gasteiger partial charge on any atom is -0.353 e. The Kier molecular flexibility index (Phi) is 4.12. The van der Waals surface area contributed by atoms with Crippen LogP contribution in [-0.4, -0.2) is 25.8 Å². The monoisotopic (exact) mass is 361 g/mol. The lowest BCUT2D eigenvalue weighted by Gasteiger charge is -2.08. The molecule has 0 saturated carbocycles. The number of aryl methyl sites for hydroxylation is 1. The van der Waals surface area contributed by atoms with Crippen LogP contribution in [0.1, 0.15) is 12.6 Å². The number of anilines is 1. The topological polar surface area (TPSA) is 83.6 Å². The normalized spacial score (nSPS) is 10.9. The van der Waals surface area contributed by atoms with E-state index in [4.69, 9.17) is 0 Å². The van der Waals surface area contributed by atoms with Crippen molar-refractivity contribution in [3.05, 3.63) is 60.3 Å². The van der Waals surface area contributed by atoms with Crippen molar-refractivity contribution in [2.24, 2.45) is 0 Å². The number of amides is 1. The summed E-state index contributed by atoms with van der Waals surface area (Å²) in [5.41, 5.74) is 4.87. The average Bonchev–Trinajstić information content (AvgIpc) is 3.03. The molecule has 0 saturated heterocycles. The van der Waals surface area contributed by atoms with Gasteiger partial charge in [-0.3, -0.25) is 9.78 Å². The van der Waals surface area contributed by atoms with E-state index < -0.39 is 0 Å². The highest BCUT2D eigenvalue weighted by Gasteiger charge is 2.18. The first kappa shape index (κ1) is 16.8. The summed E-state index contributed by atoms with van der Waals surface area (Å²) in [4.78, 5) is 27.7. The summed E-state index contributed by atoms with van der Waals surface area (Å²) in [6.07, 6.45) is 3.32. The summed E-state index contributed by atoms with van der Waals surface area (Å²) in [5.74, 6) is -0.111. The lowest BCUT2D eigenvalue weighted by Crippen LogP contribution is -2.07. The first-order valence-electron chi connectivity index (χ1n) is 8.37. The summed E-state index contributed by atoms with van der Waals surface area (Å²) in [5, 5.41) is 2.68. The number of hydrogen-bond donors (Lipinski definition) is 2. The van der Waals surface area contributed by atoms with E-state index in [0.29, 0.717) is 17.2 Å². The number of nitrogens with zero attached hydrogens (tertiary/aromatic N) is 3. The number of rotatable bonds is 3. The van der Waals surface area contributed by atoms with Gasteiger partial charge in [-0.05, 0) is 43.3 Å². The summed E-state index contributed by atoms with van der Waals surface area (Å²) in [7, 11) is 0. The minimum atomic E-state index is -0.357. The molecule has 4 aromatic rings. The molecular weight excluding hydrogens is 345 g/mol. The van der Waals surface area contributed by atoms with Crippen LogP contribution >= 0.6 is 0 Å². The summed E-state index contributed by atoms with van der Waals surface area (Å²) in [6, 6.07) is 10.4. The van der Waals surface area contributed by atoms with Gasteiger partial charge in [-0.2, -0.15) is 0 Å². The maximum absolute atomic E-state index is 13.7. The number of carbonyl (C=O) groups excluding carboxylic acids is 1. The Labute approximate surface area is 154 Å². The molecule has 0 bridgehead atoms. The fraction of sp³-hybridized carbons (Fsp3) is 0.100. The van der Waals surface area contributed by atoms with Crippen LogP contribution in [0.4, 0.5) is 10.2 Å². The smallest absolute Gasteiger partial charge is 0.222 e. The molecule has 0 unspecified atom stereocenters. The van der Waals surface area contributed by atoms with Crippen molar-refractivity contribution >= 4 is 22.8 Å². The van der Waals surface area contributed by atoms with Crippen molar-refractivity contribution in [3.63, 3.8) is 0 Å². The Morgan fingerprint density at radius 3 is 2.78 bits per heavy atom. The van der Waals surface area contributed by atoms with Crippen molar-refractivity contribution in [2.45, 2.75) is 13.8 Å². The van der Waals surface area contributed by atoms with Crippen LogP contribution in [0.3, 0.4) is 0 Å². The van der Waals surface area contributed by atoms with Gasteiger partial charge in [0.05, 0.1) is 33.7 Å². The Hall–Kier alpha value is -3.61. The zero-order valence-electron chi connectivity index (χ0n) is 14.7. The van der Waals surface area contributed by atoms with Crippen LogP contribution in [0, 0.1) is 12.7 Å². The SMILES string of the molecule is CC(=O)Nc1cc(-c2[nH]c3cccnc3c2-c2ccc(F)c(C)n2)ccn1. The van der Waals surface area contributed by atoms with Gasteiger partial charge in [-0.25, -0.2) is 14.4 Å². The van der Waals surface area contributed by atoms with Crippen molar-refractivity contribution in [1.82, 2.24) is 19.9 Å². The molecule has 7 heteroatoms. The van der Waals surface area contributed by atoms with Gasteiger partial charge in [-0.1, -0.05) is 0 Å². The molecule has 2 N–H and O–H groups in total. The van der Waals surface area contributed by atoms with E-state index >= 15 is 0 Å². The second-order valence-corrected chi connectivity index (χ2v) is 6.15. The second-order valence-electron chi connectivity index (χ2n) is 6.15. The molecule has 27 heavy (non-hydrogen) atoms. The van der Waals surface area contributed by atoms with Crippen molar-refractivity contribution in [3.8, 4) is 22.5 Å². The van der Waals surface area contributed by atoms with E-state index in [1.165, 1.54) is 13.0 Å². The van der Waals surface area contributed by atoms with Gasteiger partial charge in [-0.15, -0.1) is 0 Å². The number of carbonyl (C=O) groups is 1. The molecule has 4 rings (SSSR count). The van der Waals surface area contributed by atoms with E-state index in [0.717, 1.165) is 27.9 Å². The van der Waals surface area contributed by atoms with Crippen LogP contribution < -0.4 is 5.32 Å². The van der Waals surface area contributed by atoms with Crippen LogP contribution in [0.5, 0.6) is 0 Å². The first-order chi connectivity index (χ1) is 13.0. The number of pyridine rings is 3. The van der Waals surface area contributed by atoms with Crippen LogP contribution in [0.15, 0.2) is 48.8 Å². The molecule has 0 radical (unpaired) electrons. The molecule has 0 aliphatic heterocycles. The Morgan fingerprint density at radius 2 is 2.00 bits per heavy atom. The average molecular weight is 361 g/mol. The molecule has 0 aromatic carbocycles. The molecule has 4 heterocycles. The predicted octanol–water partition coefficient (Wildman–Crippen LogP) is 4.09. The Morgan fingerprint density at radius 1 is 1.15 bits per heavy atom. The summed E-state index contributed by atoms with van der Waals surface area (Å²) < 4.78 is 13.7. The zero-order chi connectivity index (χ0) is 19.0. The van der Waals surface area contributed by atoms with Gasteiger partial charge in [0, 0.05) is 24.9 Å². The third kappa shape index (κ3) is 3.15. The third-order valence-corrected chi connectivity index (χ3v) is 4.18. The summed E-state index contributed by atoms with van der Waals surface area (Å²) >= 11 is 0. The second kappa shape index (κ2) is 6.60. The van der Waals surface area contributed by atoms with Crippen LogP contribution in [0.2, 0.25) is 0 Å². The number of aromatic amines is 1. The summed E-state index contributed by atoms with van der Waals surface area (Å²) in [6.45, 7) is 3.06. The molecule has 0 spiro atoms. The third-order valence-electron chi connectivity index (χ3n) is 4.18. The molecule has 4 aromatic heterocycles. The van der Waals surface area contributed by atoms with E-state index in [2.05, 4.69) is 25.3 Å². The van der Waals surface area contributed by atoms with Gasteiger partial charge in [0.1, 0.15) is 11.6 Å². The van der Waals surface area contributed by atoms with Crippen molar-refractivity contribution in [2.75, 3.05) is 5.32 Å². The van der Waals surface area contributed by atoms with E-state index in [1.807, 2.05) is 18.2 Å². The lowest BCUT2D eigenvalue weighted by atomic mass is 10.0. The van der Waals surface area contributed by atoms with Crippen molar-refractivity contribution < 1.29 is 9.18 Å². The number of hydrogen-bond acceptors (Lipinski definition) is 4. The fourth-order valence-corrected chi connectivity index (χ4v) is 3.00. The largest absolute Gasteiger partial charge is 0.353 e. The first-order valence-corrected chi connectivity index (χ1v) is 8.37. The molecular formula is C20H16FN5O. The van der Waals surface area contributed by atoms with Crippen LogP contribution in [-0.2, 0) is 4.79 Å². The Balaban J connectivity index is 1.96. The zero-order valence-corrected chi connectivity index (χ0v) is 14.7. The lowest BCUT2D eigenvalue weighted by molar-refractivity contribution is -0.114. The number of aromatic nitrogens is 4. The quantitative estimate of drug-likeness (QED) is 0.576. The van der Waals surface area contributed by atoms with Gasteiger partial charge < -0.3 is 10.3 Å². The molecule has 0 aliphatic carbocycles. The molecule has 0 atom stereocenters. The Bertz CT molecular complexity index is 1170. The molecule has 1 amide bonds. The van der Waals surface area contributed by atoms with Crippen LogP contribution in [0.25, 0.3) is 33.5 Å². The molecule has 134 valence electrons. The van der Waals surface area contributed by atoms with E-state index in [-0.39, 0.29) is 11.7 Å². The van der Waals surface area contributed by atoms with Gasteiger partial charge in [0.2, 0.25) is 5.91 Å². The molecule has 6 nitrogen and oxygen atoms in total. The van der Waals surface area contributed by atoms with Gasteiger partial charge in [0.15, 0.2) is 0 Å². The number of nitrogens with one attached hydrogen (secondary N) is 2. The highest BCUT2D eigenvalue weighted by Crippen LogP contribution is 2.37. The predicted molar refractivity (Wildman–Crippen MR) is 102 cm³/mol. The molecule has 0 aliphatic rings. The number of halogens is 1. The van der Waals surface area contributed by atoms with Gasteiger partial charge in [0.25, 0.3) is 0 Å². The standard InChI is InChI=1S/C20H16FN5O/c1-11-14(21)5-6-15(24-11)18-19(26-16-4-3-8-23-20(16)18)13-7-9-22-17(10-13)25-12(2)27/h3-10,26H,1-2H3,(H,22,25,27). The van der Waals surface area contributed by atoms with E-state index in [1.54, 1.807) is 31.5 Å². The van der Waals surface area contributed by atoms with Crippen molar-refractivity contribution in [1.29, 1.82) is 0 Å². The highest BCUT2D eigenvalue weighted by molar-refractivity contribution is 6.01. The van der Waals surface area contributed by atoms with Gasteiger partial charge >= 0.3 is 0 Å². The maximum atomic E-state index is 13.7. The molecule has 0 fully saturated rings. The number of H-pyrrole nitrogens is 1.